The van der Waals surface area contributed by atoms with Gasteiger partial charge < -0.3 is 68.6 Å². The lowest BCUT2D eigenvalue weighted by atomic mass is 9.85. The van der Waals surface area contributed by atoms with Crippen LogP contribution in [0.25, 0.3) is 44.4 Å². The third kappa shape index (κ3) is 26.4. The molecular weight excluding hydrogens is 1960 g/mol. The molecule has 150 heavy (non-hydrogen) atoms. The summed E-state index contributed by atoms with van der Waals surface area (Å²) in [6.07, 6.45) is 19.0. The molecule has 10 aromatic heterocycles. The van der Waals surface area contributed by atoms with Gasteiger partial charge in [-0.2, -0.15) is 86.3 Å². The summed E-state index contributed by atoms with van der Waals surface area (Å²) < 4.78 is 205. The van der Waals surface area contributed by atoms with Gasteiger partial charge in [0.15, 0.2) is 34.7 Å². The van der Waals surface area contributed by atoms with Gasteiger partial charge in [-0.25, -0.2) is 48.0 Å². The highest BCUT2D eigenvalue weighted by Crippen LogP contribution is 2.44. The van der Waals surface area contributed by atoms with E-state index < -0.39 is 82.9 Å². The maximum Gasteiger partial charge on any atom is 0.416 e. The predicted octanol–water partition coefficient (Wildman–Crippen LogP) is 24.9. The van der Waals surface area contributed by atoms with E-state index in [4.69, 9.17) is 22.9 Å². The van der Waals surface area contributed by atoms with Gasteiger partial charge in [0.2, 0.25) is 0 Å². The van der Waals surface area contributed by atoms with Gasteiger partial charge in [0.1, 0.15) is 53.1 Å². The molecule has 2 aliphatic heterocycles. The number of anilines is 9. The van der Waals surface area contributed by atoms with Gasteiger partial charge >= 0.3 is 30.9 Å². The summed E-state index contributed by atoms with van der Waals surface area (Å²) in [5, 5.41) is 33.1. The Kier molecular flexibility index (Phi) is 32.4. The summed E-state index contributed by atoms with van der Waals surface area (Å²) in [5.41, 5.74) is 34.8. The Morgan fingerprint density at radius 3 is 1.14 bits per heavy atom. The zero-order chi connectivity index (χ0) is 107. The van der Waals surface area contributed by atoms with E-state index in [2.05, 4.69) is 118 Å². The number of piperazine rings is 1. The molecular formula is C107H116F15N27O. The number of nitrogen functional groups attached to an aromatic ring is 4. The maximum atomic E-state index is 13.2. The second-order valence-corrected chi connectivity index (χ2v) is 38.4. The first-order valence-electron chi connectivity index (χ1n) is 49.3. The minimum absolute atomic E-state index is 0.0236. The summed E-state index contributed by atoms with van der Waals surface area (Å²) in [6, 6.07) is 25.6. The SMILES string of the molecule is C=C(C)N1CC=C(c2cc3c(N[C@H](C)c4cc(N)cc(C(F)(F)F)c4)ncnn3c2)CC1.C[C@@H](Nc1nccn2cc(C(=O)N3CCN(C)CC3)nc12)c1cc(N)cc(C(F)(F)F)c1.C[C@@H](Nc1ncnn2cc(C3=CCCCC3)cc12)c1cc(N)cc(C(F)(F)F)c1.C[C@@H](Nc1ncnn2cc(C3=CCCCC3)cc12)c1cccc(C(F)(F)F)c1.C[C@@H](Nc1ncnn2cc(C3CCCCC3)cc12)c1cc(N)cc(C(F)(F)F)c1. The van der Waals surface area contributed by atoms with E-state index in [0.29, 0.717) is 87.3 Å². The fraction of sp³-hybridized carbons (Fsp3) is 0.355. The highest BCUT2D eigenvalue weighted by Gasteiger charge is 2.38. The summed E-state index contributed by atoms with van der Waals surface area (Å²) in [4.78, 5) is 45.0. The number of amides is 1. The van der Waals surface area contributed by atoms with Crippen molar-refractivity contribution < 1.29 is 70.7 Å². The first-order chi connectivity index (χ1) is 71.3. The number of nitrogens with one attached hydrogen (secondary N) is 5. The average Bonchev–Trinajstić information content (AvgIpc) is 1.67. The summed E-state index contributed by atoms with van der Waals surface area (Å²) in [6.45, 7) is 19.4. The monoisotopic (exact) mass is 2080 g/mol. The second kappa shape index (κ2) is 45.3. The van der Waals surface area contributed by atoms with Crippen LogP contribution in [0.3, 0.4) is 0 Å². The second-order valence-electron chi connectivity index (χ2n) is 38.4. The molecule has 1 amide bonds. The third-order valence-electron chi connectivity index (χ3n) is 27.2. The third-order valence-corrected chi connectivity index (χ3v) is 27.2. The van der Waals surface area contributed by atoms with Crippen molar-refractivity contribution in [2.24, 2.45) is 0 Å². The number of likely N-dealkylation sites (N-methyl/N-ethyl adjacent to an activating group) is 1. The number of allylic oxidation sites excluding steroid dienone is 5. The number of alkyl halides is 15. The molecule has 1 saturated heterocycles. The molecule has 3 aliphatic carbocycles. The minimum atomic E-state index is -4.50. The fourth-order valence-corrected chi connectivity index (χ4v) is 18.9. The number of carbonyl (C=O) groups excluding carboxylic acids is 1. The summed E-state index contributed by atoms with van der Waals surface area (Å²) in [7, 11) is 2.01. The molecule has 5 aromatic carbocycles. The molecule has 12 heterocycles. The van der Waals surface area contributed by atoms with Crippen molar-refractivity contribution in [2.45, 2.75) is 198 Å². The fourth-order valence-electron chi connectivity index (χ4n) is 18.9. The topological polar surface area (TPSA) is 342 Å². The van der Waals surface area contributed by atoms with Crippen LogP contribution in [0.15, 0.2) is 221 Å². The molecule has 0 spiro atoms. The van der Waals surface area contributed by atoms with E-state index in [-0.39, 0.29) is 34.7 Å². The molecule has 0 radical (unpaired) electrons. The number of halogens is 15. The smallest absolute Gasteiger partial charge is 0.399 e. The Morgan fingerprint density at radius 2 is 0.767 bits per heavy atom. The normalized spacial score (nSPS) is 16.1. The molecule has 15 aromatic rings. The van der Waals surface area contributed by atoms with Crippen LogP contribution >= 0.6 is 0 Å². The van der Waals surface area contributed by atoms with Crippen LogP contribution in [-0.2, 0) is 30.9 Å². The molecule has 13 N–H and O–H groups in total. The molecule has 20 rings (SSSR count). The lowest BCUT2D eigenvalue weighted by Gasteiger charge is -2.31. The molecule has 43 heteroatoms. The van der Waals surface area contributed by atoms with Crippen LogP contribution in [0.1, 0.15) is 256 Å². The molecule has 1 saturated carbocycles. The lowest BCUT2D eigenvalue weighted by molar-refractivity contribution is -0.138. The van der Waals surface area contributed by atoms with Gasteiger partial charge in [-0.05, 0) is 301 Å². The number of hydrogen-bond acceptors (Lipinski definition) is 22. The predicted molar refractivity (Wildman–Crippen MR) is 551 cm³/mol. The number of benzene rings is 5. The van der Waals surface area contributed by atoms with Crippen LogP contribution in [0.5, 0.6) is 0 Å². The van der Waals surface area contributed by atoms with E-state index in [9.17, 15) is 70.7 Å². The van der Waals surface area contributed by atoms with Crippen LogP contribution in [0.2, 0.25) is 0 Å². The van der Waals surface area contributed by atoms with Gasteiger partial charge in [-0.1, -0.05) is 56.2 Å². The first-order valence-corrected chi connectivity index (χ1v) is 49.3. The van der Waals surface area contributed by atoms with Crippen molar-refractivity contribution in [1.29, 1.82) is 0 Å². The molecule has 0 unspecified atom stereocenters. The number of aromatic nitrogens is 15. The number of hydrogen-bond donors (Lipinski definition) is 9. The van der Waals surface area contributed by atoms with Crippen molar-refractivity contribution in [2.75, 3.05) is 95.8 Å². The van der Waals surface area contributed by atoms with Crippen LogP contribution < -0.4 is 49.5 Å². The molecule has 5 atom stereocenters. The highest BCUT2D eigenvalue weighted by atomic mass is 19.4. The molecule has 2 fully saturated rings. The number of nitrogens with zero attached hydrogens (tertiary/aromatic N) is 18. The lowest BCUT2D eigenvalue weighted by Crippen LogP contribution is -2.47. The Balaban J connectivity index is 0.000000134. The summed E-state index contributed by atoms with van der Waals surface area (Å²) in [5.74, 6) is 3.01. The molecule has 0 bridgehead atoms. The van der Waals surface area contributed by atoms with Crippen molar-refractivity contribution in [3.63, 3.8) is 0 Å². The zero-order valence-electron chi connectivity index (χ0n) is 83.4. The number of imidazole rings is 1. The largest absolute Gasteiger partial charge is 0.416 e. The zero-order valence-corrected chi connectivity index (χ0v) is 83.4. The quantitative estimate of drug-likeness (QED) is 0.0238. The van der Waals surface area contributed by atoms with Crippen molar-refractivity contribution in [3.8, 4) is 0 Å². The van der Waals surface area contributed by atoms with Gasteiger partial charge in [0.25, 0.3) is 5.91 Å². The number of carbonyl (C=O) groups is 1. The number of rotatable bonds is 21. The van der Waals surface area contributed by atoms with E-state index in [1.165, 1.54) is 136 Å². The Hall–Kier alpha value is -15.5. The highest BCUT2D eigenvalue weighted by molar-refractivity contribution is 5.93. The van der Waals surface area contributed by atoms with E-state index in [1.54, 1.807) is 85.6 Å². The van der Waals surface area contributed by atoms with Crippen LogP contribution in [0.4, 0.5) is 118 Å². The van der Waals surface area contributed by atoms with Crippen molar-refractivity contribution in [3.05, 3.63) is 304 Å². The Labute approximate surface area is 854 Å². The van der Waals surface area contributed by atoms with Crippen LogP contribution in [-0.4, -0.2) is 140 Å². The molecule has 790 valence electrons. The first kappa shape index (κ1) is 107. The minimum Gasteiger partial charge on any atom is -0.399 e. The van der Waals surface area contributed by atoms with Crippen molar-refractivity contribution >= 4 is 102 Å². The standard InChI is InChI=1S/C23H25F3N6.C21H24F3N7O.C21H24F3N5.C21H22F3N5.C21H21F3N4/c1-14(2)31-6-4-16(5-7-31)18-10-21-22(28-13-29-32(21)12-18)30-15(3)17-8-19(23(24,25)26)11-20(27)9-17;1-13(14-9-15(21(22,23)24)11-16(25)10-14)27-18-19-28-17(12-31(19)4-3-26-18)20(32)30-7-5-29(2)6-8-30;2*1-13(15-7-17(21(22,23)24)10-18(25)8-15)28-20-19-9-16(11-29(19)27-12-26-20)14-5-3-2-4-6-14;1-14(16-8-5-9-18(10-16)21(22,23)24)27-20-19-11-17(12-28(19)26-13-25-20)15-6-3-2-4-7-15/h4,8-13,15H,1,5-7,27H2,2-3H3,(H,28,29,30);3-4,9-13H,5-8,25H2,1-2H3,(H,26,27);7-14H,2-6,25H2,1H3,(H,26,27,28);5,7-13H,2-4,6,25H2,1H3,(H,26,27,28);5-6,8-14H,2-4,7H2,1H3,(H,25,26,27)/t15-;3*13-;14-/m11111/s1. The average molecular weight is 2080 g/mol. The van der Waals surface area contributed by atoms with Crippen LogP contribution in [0, 0.1) is 0 Å². The Morgan fingerprint density at radius 1 is 0.393 bits per heavy atom. The summed E-state index contributed by atoms with van der Waals surface area (Å²) >= 11 is 0. The van der Waals surface area contributed by atoms with Crippen molar-refractivity contribution in [1.82, 2.24) is 87.5 Å². The van der Waals surface area contributed by atoms with E-state index in [1.807, 2.05) is 63.9 Å². The Bertz CT molecular complexity index is 7440. The van der Waals surface area contributed by atoms with Gasteiger partial charge in [0.05, 0.1) is 58.0 Å². The molecule has 28 nitrogen and oxygen atoms in total. The van der Waals surface area contributed by atoms with E-state index >= 15 is 0 Å². The van der Waals surface area contributed by atoms with E-state index in [0.717, 1.165) is 157 Å². The maximum absolute atomic E-state index is 13.2. The van der Waals surface area contributed by atoms with Gasteiger partial charge in [-0.3, -0.25) is 4.79 Å². The van der Waals surface area contributed by atoms with Gasteiger partial charge in [0, 0.05) is 111 Å². The number of fused-ring (bicyclic) bond motifs is 5. The molecule has 5 aliphatic rings. The van der Waals surface area contributed by atoms with Gasteiger partial charge in [-0.15, -0.1) is 0 Å². The number of nitrogens with two attached hydrogens (primary N) is 4.